The summed E-state index contributed by atoms with van der Waals surface area (Å²) in [4.78, 5) is 0. The molecule has 0 saturated carbocycles. The molecule has 3 rings (SSSR count). The summed E-state index contributed by atoms with van der Waals surface area (Å²) in [5.41, 5.74) is 2.05. The van der Waals surface area contributed by atoms with Gasteiger partial charge in [-0.15, -0.1) is 10.2 Å². The molecule has 0 fully saturated rings. The molecule has 0 N–H and O–H groups in total. The molecule has 2 aromatic carbocycles. The Kier molecular flexibility index (Phi) is 4.61. The summed E-state index contributed by atoms with van der Waals surface area (Å²) in [5, 5.41) is 10.1. The average molecular weight is 328 g/mol. The summed E-state index contributed by atoms with van der Waals surface area (Å²) < 4.78 is 2.04. The average Bonchev–Trinajstić information content (AvgIpc) is 2.98. The van der Waals surface area contributed by atoms with Gasteiger partial charge in [0, 0.05) is 22.0 Å². The number of benzene rings is 2. The van der Waals surface area contributed by atoms with Gasteiger partial charge in [0.1, 0.15) is 0 Å². The van der Waals surface area contributed by atoms with Crippen LogP contribution < -0.4 is 0 Å². The van der Waals surface area contributed by atoms with Crippen molar-refractivity contribution in [3.63, 3.8) is 0 Å². The van der Waals surface area contributed by atoms with Gasteiger partial charge in [-0.1, -0.05) is 78.5 Å². The molecule has 0 aliphatic carbocycles. The van der Waals surface area contributed by atoms with Crippen LogP contribution in [0, 0.1) is 0 Å². The van der Waals surface area contributed by atoms with Crippen LogP contribution in [-0.2, 0) is 0 Å². The second-order valence-electron chi connectivity index (χ2n) is 4.65. The van der Waals surface area contributed by atoms with Gasteiger partial charge in [0.2, 0.25) is 0 Å². The largest absolute Gasteiger partial charge is 0.270 e. The first-order valence-corrected chi connectivity index (χ1v) is 8.14. The molecule has 22 heavy (non-hydrogen) atoms. The fraction of sp³-hybridized carbons (Fsp3) is 0.0588. The number of nitrogens with zero attached hydrogens (tertiary/aromatic N) is 3. The van der Waals surface area contributed by atoms with Crippen LogP contribution in [0.1, 0.15) is 0 Å². The summed E-state index contributed by atoms with van der Waals surface area (Å²) in [6.07, 6.45) is 0. The van der Waals surface area contributed by atoms with E-state index in [1.54, 1.807) is 0 Å². The van der Waals surface area contributed by atoms with Crippen molar-refractivity contribution in [2.75, 3.05) is 5.75 Å². The molecule has 0 unspecified atom stereocenters. The van der Waals surface area contributed by atoms with Gasteiger partial charge in [0.25, 0.3) is 0 Å². The molecule has 0 amide bonds. The monoisotopic (exact) mass is 327 g/mol. The van der Waals surface area contributed by atoms with Crippen LogP contribution in [0.15, 0.2) is 77.4 Å². The highest BCUT2D eigenvalue weighted by atomic mass is 35.5. The van der Waals surface area contributed by atoms with E-state index in [1.807, 2.05) is 65.2 Å². The number of hydrogen-bond acceptors (Lipinski definition) is 3. The molecule has 0 aliphatic rings. The van der Waals surface area contributed by atoms with Crippen LogP contribution in [0.3, 0.4) is 0 Å². The highest BCUT2D eigenvalue weighted by Crippen LogP contribution is 2.28. The third-order valence-electron chi connectivity index (χ3n) is 3.04. The van der Waals surface area contributed by atoms with Gasteiger partial charge in [-0.3, -0.25) is 4.57 Å². The molecule has 110 valence electrons. The van der Waals surface area contributed by atoms with E-state index < -0.39 is 0 Å². The smallest absolute Gasteiger partial charge is 0.196 e. The Bertz CT molecular complexity index is 769. The Morgan fingerprint density at radius 3 is 2.27 bits per heavy atom. The molecule has 3 aromatic rings. The van der Waals surface area contributed by atoms with E-state index in [1.165, 1.54) is 11.8 Å². The number of thioether (sulfide) groups is 1. The molecule has 5 heteroatoms. The predicted molar refractivity (Wildman–Crippen MR) is 92.5 cm³/mol. The van der Waals surface area contributed by atoms with Gasteiger partial charge in [0.15, 0.2) is 11.0 Å². The minimum atomic E-state index is 0.592. The Balaban J connectivity index is 2.09. The van der Waals surface area contributed by atoms with Crippen LogP contribution in [-0.4, -0.2) is 20.5 Å². The Morgan fingerprint density at radius 2 is 1.64 bits per heavy atom. The first-order valence-electron chi connectivity index (χ1n) is 6.78. The molecule has 0 aliphatic heterocycles. The van der Waals surface area contributed by atoms with Crippen LogP contribution in [0.2, 0.25) is 0 Å². The standard InChI is InChI=1S/C17H14ClN3S/c1-13(18)12-22-17-20-19-16(14-8-4-2-5-9-14)21(17)15-10-6-3-7-11-15/h2-11H,1,12H2. The van der Waals surface area contributed by atoms with Gasteiger partial charge < -0.3 is 0 Å². The lowest BCUT2D eigenvalue weighted by Gasteiger charge is -2.10. The van der Waals surface area contributed by atoms with Crippen molar-refractivity contribution >= 4 is 23.4 Å². The quantitative estimate of drug-likeness (QED) is 0.632. The van der Waals surface area contributed by atoms with Gasteiger partial charge in [-0.05, 0) is 12.1 Å². The number of aromatic nitrogens is 3. The SMILES string of the molecule is C=C(Cl)CSc1nnc(-c2ccccc2)n1-c1ccccc1. The number of hydrogen-bond donors (Lipinski definition) is 0. The van der Waals surface area contributed by atoms with Gasteiger partial charge >= 0.3 is 0 Å². The summed E-state index contributed by atoms with van der Waals surface area (Å²) in [5.74, 6) is 1.41. The summed E-state index contributed by atoms with van der Waals surface area (Å²) in [6.45, 7) is 3.72. The lowest BCUT2D eigenvalue weighted by atomic mass is 10.2. The maximum atomic E-state index is 5.88. The second-order valence-corrected chi connectivity index (χ2v) is 6.13. The van der Waals surface area contributed by atoms with Crippen molar-refractivity contribution in [2.24, 2.45) is 0 Å². The summed E-state index contributed by atoms with van der Waals surface area (Å²) >= 11 is 7.40. The molecule has 0 saturated heterocycles. The summed E-state index contributed by atoms with van der Waals surface area (Å²) in [7, 11) is 0. The van der Waals surface area contributed by atoms with Crippen molar-refractivity contribution in [3.8, 4) is 17.1 Å². The van der Waals surface area contributed by atoms with E-state index >= 15 is 0 Å². The third kappa shape index (κ3) is 3.24. The number of rotatable bonds is 5. The maximum Gasteiger partial charge on any atom is 0.196 e. The van der Waals surface area contributed by atoms with E-state index in [0.29, 0.717) is 10.8 Å². The van der Waals surface area contributed by atoms with Gasteiger partial charge in [-0.25, -0.2) is 0 Å². The van der Waals surface area contributed by atoms with Crippen molar-refractivity contribution in [3.05, 3.63) is 72.3 Å². The maximum absolute atomic E-state index is 5.88. The Labute approximate surface area is 138 Å². The molecule has 0 atom stereocenters. The highest BCUT2D eigenvalue weighted by Gasteiger charge is 2.15. The molecular weight excluding hydrogens is 314 g/mol. The summed E-state index contributed by atoms with van der Waals surface area (Å²) in [6, 6.07) is 20.1. The van der Waals surface area contributed by atoms with Crippen LogP contribution in [0.25, 0.3) is 17.1 Å². The molecular formula is C17H14ClN3S. The fourth-order valence-electron chi connectivity index (χ4n) is 2.09. The normalized spacial score (nSPS) is 10.6. The molecule has 3 nitrogen and oxygen atoms in total. The van der Waals surface area contributed by atoms with E-state index in [0.717, 1.165) is 22.2 Å². The first-order chi connectivity index (χ1) is 10.8. The molecule has 0 spiro atoms. The number of halogens is 1. The van der Waals surface area contributed by atoms with E-state index in [2.05, 4.69) is 16.8 Å². The molecule has 1 heterocycles. The minimum Gasteiger partial charge on any atom is -0.270 e. The van der Waals surface area contributed by atoms with E-state index in [-0.39, 0.29) is 0 Å². The van der Waals surface area contributed by atoms with Crippen molar-refractivity contribution in [1.29, 1.82) is 0 Å². The zero-order valence-electron chi connectivity index (χ0n) is 11.8. The molecule has 1 aromatic heterocycles. The zero-order valence-corrected chi connectivity index (χ0v) is 13.4. The third-order valence-corrected chi connectivity index (χ3v) is 4.34. The van der Waals surface area contributed by atoms with Crippen molar-refractivity contribution in [1.82, 2.24) is 14.8 Å². The lowest BCUT2D eigenvalue weighted by Crippen LogP contribution is -1.99. The van der Waals surface area contributed by atoms with E-state index in [4.69, 9.17) is 11.6 Å². The van der Waals surface area contributed by atoms with Crippen LogP contribution in [0.4, 0.5) is 0 Å². The molecule has 0 radical (unpaired) electrons. The fourth-order valence-corrected chi connectivity index (χ4v) is 2.96. The minimum absolute atomic E-state index is 0.592. The first kappa shape index (κ1) is 14.9. The van der Waals surface area contributed by atoms with Crippen molar-refractivity contribution in [2.45, 2.75) is 5.16 Å². The van der Waals surface area contributed by atoms with Crippen LogP contribution in [0.5, 0.6) is 0 Å². The number of para-hydroxylation sites is 1. The van der Waals surface area contributed by atoms with Crippen LogP contribution >= 0.6 is 23.4 Å². The second kappa shape index (κ2) is 6.81. The topological polar surface area (TPSA) is 30.7 Å². The Hall–Kier alpha value is -2.04. The lowest BCUT2D eigenvalue weighted by molar-refractivity contribution is 0.887. The van der Waals surface area contributed by atoms with Gasteiger partial charge in [0.05, 0.1) is 0 Å². The highest BCUT2D eigenvalue weighted by molar-refractivity contribution is 7.99. The van der Waals surface area contributed by atoms with Gasteiger partial charge in [-0.2, -0.15) is 0 Å². The zero-order chi connectivity index (χ0) is 15.4. The Morgan fingerprint density at radius 1 is 1.00 bits per heavy atom. The van der Waals surface area contributed by atoms with E-state index in [9.17, 15) is 0 Å². The molecule has 0 bridgehead atoms. The van der Waals surface area contributed by atoms with Crippen molar-refractivity contribution < 1.29 is 0 Å². The predicted octanol–water partition coefficient (Wildman–Crippen LogP) is 4.78.